The molecule has 1 saturated heterocycles. The zero-order chi connectivity index (χ0) is 21.2. The second-order valence-electron chi connectivity index (χ2n) is 7.39. The van der Waals surface area contributed by atoms with E-state index in [4.69, 9.17) is 12.2 Å². The monoisotopic (exact) mass is 489 g/mol. The normalized spacial score (nSPS) is 18.2. The average molecular weight is 490 g/mol. The van der Waals surface area contributed by atoms with Gasteiger partial charge in [0, 0.05) is 47.2 Å². The van der Waals surface area contributed by atoms with Crippen LogP contribution in [0.5, 0.6) is 0 Å². The Kier molecular flexibility index (Phi) is 5.53. The summed E-state index contributed by atoms with van der Waals surface area (Å²) in [4.78, 5) is 11.0. The fourth-order valence-corrected chi connectivity index (χ4v) is 4.62. The number of benzene rings is 1. The lowest BCUT2D eigenvalue weighted by Gasteiger charge is -2.29. The SMILES string of the molecule is S=C1N[C@@H](c2ccccn2)[C@H](c2cccn2-c2ccc(Br)cc2)N1Cc1ccncc1. The second kappa shape index (κ2) is 8.61. The molecule has 154 valence electrons. The van der Waals surface area contributed by atoms with Gasteiger partial charge >= 0.3 is 0 Å². The number of nitrogens with one attached hydrogen (secondary N) is 1. The molecule has 0 amide bonds. The van der Waals surface area contributed by atoms with Crippen LogP contribution in [0.1, 0.15) is 29.0 Å². The lowest BCUT2D eigenvalue weighted by Crippen LogP contribution is -2.30. The van der Waals surface area contributed by atoms with Crippen molar-refractivity contribution in [2.75, 3.05) is 0 Å². The van der Waals surface area contributed by atoms with Gasteiger partial charge in [-0.05, 0) is 78.4 Å². The van der Waals surface area contributed by atoms with Crippen molar-refractivity contribution >= 4 is 33.3 Å². The second-order valence-corrected chi connectivity index (χ2v) is 8.69. The summed E-state index contributed by atoms with van der Waals surface area (Å²) in [5.74, 6) is 0. The van der Waals surface area contributed by atoms with E-state index >= 15 is 0 Å². The third-order valence-electron chi connectivity index (χ3n) is 5.49. The number of hydrogen-bond acceptors (Lipinski definition) is 3. The highest BCUT2D eigenvalue weighted by Gasteiger charge is 2.41. The summed E-state index contributed by atoms with van der Waals surface area (Å²) in [7, 11) is 0. The van der Waals surface area contributed by atoms with Crippen LogP contribution in [0, 0.1) is 0 Å². The molecule has 1 aliphatic rings. The molecule has 5 nitrogen and oxygen atoms in total. The number of pyridine rings is 2. The topological polar surface area (TPSA) is 46.0 Å². The molecule has 0 saturated carbocycles. The van der Waals surface area contributed by atoms with Gasteiger partial charge < -0.3 is 14.8 Å². The lowest BCUT2D eigenvalue weighted by molar-refractivity contribution is 0.302. The van der Waals surface area contributed by atoms with Crippen molar-refractivity contribution in [3.63, 3.8) is 0 Å². The Bertz CT molecular complexity index is 1180. The standard InChI is InChI=1S/C24H20BrN5S/c25-18-6-8-19(9-7-18)29-15-3-5-21(29)23-22(20-4-1-2-12-27-20)28-24(31)30(23)16-17-10-13-26-14-11-17/h1-15,22-23H,16H2,(H,28,31)/t22-,23-/m0/s1. The van der Waals surface area contributed by atoms with E-state index < -0.39 is 0 Å². The van der Waals surface area contributed by atoms with Crippen molar-refractivity contribution in [2.45, 2.75) is 18.6 Å². The Morgan fingerprint density at radius 2 is 1.74 bits per heavy atom. The molecule has 4 heterocycles. The van der Waals surface area contributed by atoms with Crippen molar-refractivity contribution in [3.05, 3.63) is 113 Å². The molecule has 5 rings (SSSR count). The predicted molar refractivity (Wildman–Crippen MR) is 129 cm³/mol. The summed E-state index contributed by atoms with van der Waals surface area (Å²) in [5.41, 5.74) is 4.38. The van der Waals surface area contributed by atoms with E-state index in [2.05, 4.69) is 89.3 Å². The zero-order valence-electron chi connectivity index (χ0n) is 16.6. The molecular weight excluding hydrogens is 470 g/mol. The molecule has 0 radical (unpaired) electrons. The van der Waals surface area contributed by atoms with E-state index in [0.29, 0.717) is 6.54 Å². The number of nitrogens with zero attached hydrogens (tertiary/aromatic N) is 4. The van der Waals surface area contributed by atoms with Crippen LogP contribution in [0.2, 0.25) is 0 Å². The maximum atomic E-state index is 5.80. The highest BCUT2D eigenvalue weighted by Crippen LogP contribution is 2.40. The zero-order valence-corrected chi connectivity index (χ0v) is 19.0. The molecule has 2 atom stereocenters. The van der Waals surface area contributed by atoms with Crippen molar-refractivity contribution < 1.29 is 0 Å². The molecule has 1 aromatic carbocycles. The van der Waals surface area contributed by atoms with E-state index in [9.17, 15) is 0 Å². The van der Waals surface area contributed by atoms with Gasteiger partial charge in [0.15, 0.2) is 5.11 Å². The van der Waals surface area contributed by atoms with Gasteiger partial charge in [-0.1, -0.05) is 22.0 Å². The van der Waals surface area contributed by atoms with Crippen LogP contribution in [0.3, 0.4) is 0 Å². The van der Waals surface area contributed by atoms with Gasteiger partial charge in [0.25, 0.3) is 0 Å². The van der Waals surface area contributed by atoms with Gasteiger partial charge in [-0.3, -0.25) is 9.97 Å². The van der Waals surface area contributed by atoms with Gasteiger partial charge in [-0.2, -0.15) is 0 Å². The van der Waals surface area contributed by atoms with Crippen molar-refractivity contribution in [1.82, 2.24) is 24.8 Å². The maximum Gasteiger partial charge on any atom is 0.170 e. The first-order chi connectivity index (χ1) is 15.2. The molecule has 7 heteroatoms. The Morgan fingerprint density at radius 3 is 2.48 bits per heavy atom. The minimum absolute atomic E-state index is 0.0192. The van der Waals surface area contributed by atoms with Crippen molar-refractivity contribution in [1.29, 1.82) is 0 Å². The molecule has 0 spiro atoms. The quantitative estimate of drug-likeness (QED) is 0.390. The summed E-state index contributed by atoms with van der Waals surface area (Å²) in [6, 6.07) is 22.6. The smallest absolute Gasteiger partial charge is 0.170 e. The molecule has 0 unspecified atom stereocenters. The Morgan fingerprint density at radius 1 is 0.935 bits per heavy atom. The molecule has 0 bridgehead atoms. The molecule has 1 N–H and O–H groups in total. The summed E-state index contributed by atoms with van der Waals surface area (Å²) >= 11 is 9.33. The number of hydrogen-bond donors (Lipinski definition) is 1. The largest absolute Gasteiger partial charge is 0.352 e. The lowest BCUT2D eigenvalue weighted by atomic mass is 10.0. The molecule has 1 fully saturated rings. The first kappa shape index (κ1) is 19.9. The van der Waals surface area contributed by atoms with Crippen LogP contribution in [-0.2, 0) is 6.54 Å². The fraction of sp³-hybridized carbons (Fsp3) is 0.125. The number of aromatic nitrogens is 3. The number of thiocarbonyl (C=S) groups is 1. The fourth-order valence-electron chi connectivity index (χ4n) is 4.05. The van der Waals surface area contributed by atoms with Gasteiger partial charge in [-0.25, -0.2) is 0 Å². The number of halogens is 1. The third kappa shape index (κ3) is 3.98. The molecule has 4 aromatic rings. The maximum absolute atomic E-state index is 5.80. The van der Waals surface area contributed by atoms with Gasteiger partial charge in [0.1, 0.15) is 0 Å². The van der Waals surface area contributed by atoms with Crippen LogP contribution < -0.4 is 5.32 Å². The van der Waals surface area contributed by atoms with Crippen molar-refractivity contribution in [2.24, 2.45) is 0 Å². The summed E-state index contributed by atoms with van der Waals surface area (Å²) < 4.78 is 3.28. The van der Waals surface area contributed by atoms with Crippen LogP contribution >= 0.6 is 28.1 Å². The van der Waals surface area contributed by atoms with E-state index in [1.54, 1.807) is 0 Å². The predicted octanol–water partition coefficient (Wildman–Crippen LogP) is 5.20. The van der Waals surface area contributed by atoms with Gasteiger partial charge in [0.05, 0.1) is 17.8 Å². The van der Waals surface area contributed by atoms with Gasteiger partial charge in [0.2, 0.25) is 0 Å². The minimum Gasteiger partial charge on any atom is -0.352 e. The Hall–Kier alpha value is -3.03. The Labute approximate surface area is 194 Å². The molecule has 3 aromatic heterocycles. The first-order valence-electron chi connectivity index (χ1n) is 10.0. The summed E-state index contributed by atoms with van der Waals surface area (Å²) in [5, 5.41) is 4.25. The summed E-state index contributed by atoms with van der Waals surface area (Å²) in [6.45, 7) is 0.688. The highest BCUT2D eigenvalue weighted by molar-refractivity contribution is 9.10. The van der Waals surface area contributed by atoms with Crippen LogP contribution in [0.15, 0.2) is 96.0 Å². The van der Waals surface area contributed by atoms with Gasteiger partial charge in [-0.15, -0.1) is 0 Å². The molecular formula is C24H20BrN5S. The van der Waals surface area contributed by atoms with E-state index in [1.807, 2.05) is 42.9 Å². The van der Waals surface area contributed by atoms with E-state index in [0.717, 1.165) is 32.2 Å². The highest BCUT2D eigenvalue weighted by atomic mass is 79.9. The molecule has 31 heavy (non-hydrogen) atoms. The third-order valence-corrected chi connectivity index (χ3v) is 6.37. The van der Waals surface area contributed by atoms with Crippen LogP contribution in [0.4, 0.5) is 0 Å². The Balaban J connectivity index is 1.60. The van der Waals surface area contributed by atoms with E-state index in [-0.39, 0.29) is 12.1 Å². The minimum atomic E-state index is -0.0559. The van der Waals surface area contributed by atoms with Crippen molar-refractivity contribution in [3.8, 4) is 5.69 Å². The van der Waals surface area contributed by atoms with Crippen LogP contribution in [-0.4, -0.2) is 24.5 Å². The average Bonchev–Trinajstić information content (AvgIpc) is 3.40. The van der Waals surface area contributed by atoms with E-state index in [1.165, 1.54) is 0 Å². The van der Waals surface area contributed by atoms with Crippen LogP contribution in [0.25, 0.3) is 5.69 Å². The molecule has 1 aliphatic heterocycles. The first-order valence-corrected chi connectivity index (χ1v) is 11.2. The summed E-state index contributed by atoms with van der Waals surface area (Å²) in [6.07, 6.45) is 7.56. The number of rotatable bonds is 5. The molecule has 0 aliphatic carbocycles.